The highest BCUT2D eigenvalue weighted by Gasteiger charge is 2.29. The Bertz CT molecular complexity index is 1010. The number of amides is 3. The van der Waals surface area contributed by atoms with Gasteiger partial charge in [-0.25, -0.2) is 0 Å². The van der Waals surface area contributed by atoms with E-state index in [-0.39, 0.29) is 31.2 Å². The maximum atomic E-state index is 12.6. The molecular formula is C26H33N3O5. The summed E-state index contributed by atoms with van der Waals surface area (Å²) in [5.74, 6) is 0.132. The summed E-state index contributed by atoms with van der Waals surface area (Å²) >= 11 is 0. The quantitative estimate of drug-likeness (QED) is 0.609. The van der Waals surface area contributed by atoms with Gasteiger partial charge < -0.3 is 14.4 Å². The van der Waals surface area contributed by atoms with Gasteiger partial charge in [-0.05, 0) is 88.4 Å². The number of hydrogen-bond acceptors (Lipinski definition) is 5. The Hall–Kier alpha value is -3.55. The van der Waals surface area contributed by atoms with Crippen molar-refractivity contribution >= 4 is 17.7 Å². The Morgan fingerprint density at radius 2 is 1.59 bits per heavy atom. The van der Waals surface area contributed by atoms with Crippen molar-refractivity contribution in [1.29, 1.82) is 0 Å². The van der Waals surface area contributed by atoms with E-state index in [1.165, 1.54) is 0 Å². The molecule has 1 fully saturated rings. The van der Waals surface area contributed by atoms with E-state index in [4.69, 9.17) is 9.47 Å². The van der Waals surface area contributed by atoms with Crippen LogP contribution < -0.4 is 20.3 Å². The van der Waals surface area contributed by atoms with Crippen LogP contribution in [0.2, 0.25) is 0 Å². The average Bonchev–Trinajstić information content (AvgIpc) is 2.82. The van der Waals surface area contributed by atoms with Gasteiger partial charge in [-0.15, -0.1) is 0 Å². The first-order valence-corrected chi connectivity index (χ1v) is 11.6. The molecule has 182 valence electrons. The van der Waals surface area contributed by atoms with Gasteiger partial charge in [-0.1, -0.05) is 12.1 Å². The first kappa shape index (κ1) is 25.1. The number of benzene rings is 2. The Balaban J connectivity index is 1.43. The highest BCUT2D eigenvalue weighted by molar-refractivity contribution is 5.95. The third kappa shape index (κ3) is 6.73. The topological polar surface area (TPSA) is 97.0 Å². The molecule has 34 heavy (non-hydrogen) atoms. The number of nitrogens with zero attached hydrogens (tertiary/aromatic N) is 1. The van der Waals surface area contributed by atoms with Crippen molar-refractivity contribution in [2.45, 2.75) is 59.0 Å². The van der Waals surface area contributed by atoms with E-state index in [0.717, 1.165) is 30.4 Å². The minimum Gasteiger partial charge on any atom is -0.484 e. The fourth-order valence-electron chi connectivity index (χ4n) is 4.08. The van der Waals surface area contributed by atoms with Crippen LogP contribution in [-0.4, -0.2) is 47.9 Å². The minimum atomic E-state index is -0.478. The van der Waals surface area contributed by atoms with E-state index in [1.807, 2.05) is 36.9 Å². The smallest absolute Gasteiger partial charge is 0.276 e. The van der Waals surface area contributed by atoms with Crippen LogP contribution in [-0.2, 0) is 9.59 Å². The van der Waals surface area contributed by atoms with Crippen LogP contribution in [0.1, 0.15) is 54.6 Å². The number of ether oxygens (including phenoxy) is 2. The van der Waals surface area contributed by atoms with Crippen LogP contribution in [0.4, 0.5) is 0 Å². The second-order valence-corrected chi connectivity index (χ2v) is 8.80. The summed E-state index contributed by atoms with van der Waals surface area (Å²) in [6.45, 7) is 7.70. The molecule has 0 aromatic heterocycles. The van der Waals surface area contributed by atoms with E-state index in [9.17, 15) is 14.4 Å². The lowest BCUT2D eigenvalue weighted by Crippen LogP contribution is -2.49. The Kier molecular flexibility index (Phi) is 8.51. The molecule has 0 radical (unpaired) electrons. The van der Waals surface area contributed by atoms with E-state index < -0.39 is 11.8 Å². The molecule has 3 amide bonds. The van der Waals surface area contributed by atoms with Crippen molar-refractivity contribution in [1.82, 2.24) is 15.8 Å². The molecule has 0 spiro atoms. The maximum Gasteiger partial charge on any atom is 0.276 e. The number of likely N-dealkylation sites (tertiary alicyclic amines) is 1. The second-order valence-electron chi connectivity index (χ2n) is 8.80. The van der Waals surface area contributed by atoms with E-state index in [1.54, 1.807) is 24.3 Å². The fourth-order valence-corrected chi connectivity index (χ4v) is 4.08. The number of nitrogens with one attached hydrogen (secondary N) is 2. The molecule has 2 aromatic rings. The Morgan fingerprint density at radius 3 is 2.26 bits per heavy atom. The minimum absolute atomic E-state index is 0.0349. The molecule has 2 unspecified atom stereocenters. The molecule has 8 nitrogen and oxygen atoms in total. The third-order valence-corrected chi connectivity index (χ3v) is 5.98. The van der Waals surface area contributed by atoms with Crippen LogP contribution in [0.25, 0.3) is 0 Å². The molecule has 0 aliphatic carbocycles. The number of piperidine rings is 1. The van der Waals surface area contributed by atoms with E-state index >= 15 is 0 Å². The highest BCUT2D eigenvalue weighted by Crippen LogP contribution is 2.23. The van der Waals surface area contributed by atoms with Crippen molar-refractivity contribution in [2.75, 3.05) is 13.2 Å². The second kappa shape index (κ2) is 11.5. The van der Waals surface area contributed by atoms with Crippen molar-refractivity contribution in [2.24, 2.45) is 0 Å². The summed E-state index contributed by atoms with van der Waals surface area (Å²) in [6.07, 6.45) is 3.15. The molecule has 0 saturated carbocycles. The van der Waals surface area contributed by atoms with Crippen LogP contribution in [0.5, 0.6) is 11.5 Å². The van der Waals surface area contributed by atoms with E-state index in [2.05, 4.69) is 24.7 Å². The fraction of sp³-hybridized carbons (Fsp3) is 0.423. The molecule has 0 bridgehead atoms. The van der Waals surface area contributed by atoms with Gasteiger partial charge in [0.25, 0.3) is 17.7 Å². The third-order valence-electron chi connectivity index (χ3n) is 5.98. The number of carbonyl (C=O) groups excluding carboxylic acids is 3. The molecule has 1 saturated heterocycles. The first-order chi connectivity index (χ1) is 16.2. The van der Waals surface area contributed by atoms with Gasteiger partial charge >= 0.3 is 0 Å². The molecule has 3 rings (SSSR count). The Labute approximate surface area is 200 Å². The summed E-state index contributed by atoms with van der Waals surface area (Å²) < 4.78 is 11.2. The largest absolute Gasteiger partial charge is 0.484 e. The van der Waals surface area contributed by atoms with Crippen molar-refractivity contribution in [3.05, 3.63) is 59.2 Å². The van der Waals surface area contributed by atoms with Crippen molar-refractivity contribution < 1.29 is 23.9 Å². The summed E-state index contributed by atoms with van der Waals surface area (Å²) in [4.78, 5) is 38.8. The normalized spacial score (nSPS) is 17.6. The van der Waals surface area contributed by atoms with Crippen molar-refractivity contribution in [3.63, 3.8) is 0 Å². The van der Waals surface area contributed by atoms with Crippen LogP contribution >= 0.6 is 0 Å². The van der Waals surface area contributed by atoms with Gasteiger partial charge in [0, 0.05) is 17.6 Å². The number of rotatable bonds is 7. The molecule has 8 heteroatoms. The van der Waals surface area contributed by atoms with E-state index in [0.29, 0.717) is 17.1 Å². The molecule has 1 aliphatic rings. The summed E-state index contributed by atoms with van der Waals surface area (Å²) in [5.41, 5.74) is 7.00. The van der Waals surface area contributed by atoms with Gasteiger partial charge in [-0.2, -0.15) is 0 Å². The SMILES string of the molecule is Cc1ccc(C)c(OCC(=O)NNC(=O)c2ccc(OCC(=O)N3C(C)CCCC3C)cc2)c1. The Morgan fingerprint density at radius 1 is 0.912 bits per heavy atom. The zero-order valence-electron chi connectivity index (χ0n) is 20.2. The summed E-state index contributed by atoms with van der Waals surface area (Å²) in [5, 5.41) is 0. The lowest BCUT2D eigenvalue weighted by molar-refractivity contribution is -0.139. The summed E-state index contributed by atoms with van der Waals surface area (Å²) in [7, 11) is 0. The predicted molar refractivity (Wildman–Crippen MR) is 129 cm³/mol. The lowest BCUT2D eigenvalue weighted by Gasteiger charge is -2.38. The summed E-state index contributed by atoms with van der Waals surface area (Å²) in [6, 6.07) is 12.5. The number of carbonyl (C=O) groups is 3. The van der Waals surface area contributed by atoms with Crippen LogP contribution in [0.3, 0.4) is 0 Å². The standard InChI is InChI=1S/C26H33N3O5/c1-17-8-9-18(2)23(14-17)34-15-24(30)27-28-26(32)21-10-12-22(13-11-21)33-16-25(31)29-19(3)6-5-7-20(29)4/h8-14,19-20H,5-7,15-16H2,1-4H3,(H,27,30)(H,28,32). The van der Waals surface area contributed by atoms with Gasteiger partial charge in [0.05, 0.1) is 0 Å². The van der Waals surface area contributed by atoms with Gasteiger partial charge in [0.2, 0.25) is 0 Å². The number of aryl methyl sites for hydroxylation is 2. The first-order valence-electron chi connectivity index (χ1n) is 11.6. The molecule has 1 aliphatic heterocycles. The lowest BCUT2D eigenvalue weighted by atomic mass is 9.97. The van der Waals surface area contributed by atoms with Gasteiger partial charge in [-0.3, -0.25) is 25.2 Å². The molecule has 1 heterocycles. The number of hydrazine groups is 1. The zero-order valence-corrected chi connectivity index (χ0v) is 20.2. The van der Waals surface area contributed by atoms with Gasteiger partial charge in [0.15, 0.2) is 13.2 Å². The predicted octanol–water partition coefficient (Wildman–Crippen LogP) is 3.31. The number of hydrogen-bond donors (Lipinski definition) is 2. The molecular weight excluding hydrogens is 434 g/mol. The monoisotopic (exact) mass is 467 g/mol. The van der Waals surface area contributed by atoms with Gasteiger partial charge in [0.1, 0.15) is 11.5 Å². The average molecular weight is 468 g/mol. The van der Waals surface area contributed by atoms with Crippen molar-refractivity contribution in [3.8, 4) is 11.5 Å². The molecule has 2 aromatic carbocycles. The van der Waals surface area contributed by atoms with Crippen LogP contribution in [0.15, 0.2) is 42.5 Å². The highest BCUT2D eigenvalue weighted by atomic mass is 16.5. The molecule has 2 N–H and O–H groups in total. The maximum absolute atomic E-state index is 12.6. The zero-order chi connectivity index (χ0) is 24.7. The van der Waals surface area contributed by atoms with Crippen LogP contribution in [0, 0.1) is 13.8 Å². The molecule has 2 atom stereocenters.